The van der Waals surface area contributed by atoms with Gasteiger partial charge in [-0.15, -0.1) is 0 Å². The Morgan fingerprint density at radius 3 is 2.61 bits per heavy atom. The SMILES string of the molecule is COc1ccc(OC)c(NC(=O)C2(CO)CC2)c1. The van der Waals surface area contributed by atoms with Crippen LogP contribution in [-0.4, -0.2) is 31.8 Å². The monoisotopic (exact) mass is 251 g/mol. The molecule has 2 N–H and O–H groups in total. The molecule has 1 aliphatic carbocycles. The van der Waals surface area contributed by atoms with Crippen molar-refractivity contribution in [3.05, 3.63) is 18.2 Å². The minimum atomic E-state index is -0.603. The summed E-state index contributed by atoms with van der Waals surface area (Å²) in [5.41, 5.74) is -0.0461. The fourth-order valence-corrected chi connectivity index (χ4v) is 1.77. The second kappa shape index (κ2) is 4.86. The van der Waals surface area contributed by atoms with Crippen LogP contribution in [0.1, 0.15) is 12.8 Å². The number of anilines is 1. The summed E-state index contributed by atoms with van der Waals surface area (Å²) in [7, 11) is 3.10. The van der Waals surface area contributed by atoms with Crippen LogP contribution in [0.5, 0.6) is 11.5 Å². The van der Waals surface area contributed by atoms with Crippen molar-refractivity contribution in [3.63, 3.8) is 0 Å². The molecule has 0 spiro atoms. The third-order valence-corrected chi connectivity index (χ3v) is 3.29. The Labute approximate surface area is 106 Å². The molecule has 5 heteroatoms. The first-order valence-corrected chi connectivity index (χ1v) is 5.79. The molecule has 0 unspecified atom stereocenters. The highest BCUT2D eigenvalue weighted by Crippen LogP contribution is 2.46. The zero-order valence-corrected chi connectivity index (χ0v) is 10.5. The number of hydrogen-bond acceptors (Lipinski definition) is 4. The highest BCUT2D eigenvalue weighted by Gasteiger charge is 2.49. The van der Waals surface area contributed by atoms with E-state index in [1.165, 1.54) is 7.11 Å². The lowest BCUT2D eigenvalue weighted by atomic mass is 10.1. The van der Waals surface area contributed by atoms with Crippen LogP contribution in [0.25, 0.3) is 0 Å². The Morgan fingerprint density at radius 1 is 1.39 bits per heavy atom. The molecule has 98 valence electrons. The van der Waals surface area contributed by atoms with Gasteiger partial charge in [-0.3, -0.25) is 4.79 Å². The van der Waals surface area contributed by atoms with E-state index < -0.39 is 5.41 Å². The van der Waals surface area contributed by atoms with E-state index in [1.807, 2.05) is 0 Å². The predicted molar refractivity (Wildman–Crippen MR) is 66.9 cm³/mol. The minimum absolute atomic E-state index is 0.120. The van der Waals surface area contributed by atoms with Gasteiger partial charge in [0.25, 0.3) is 0 Å². The Kier molecular flexibility index (Phi) is 3.43. The molecule has 0 aromatic heterocycles. The normalized spacial score (nSPS) is 15.9. The van der Waals surface area contributed by atoms with E-state index >= 15 is 0 Å². The van der Waals surface area contributed by atoms with Gasteiger partial charge < -0.3 is 19.9 Å². The Bertz CT molecular complexity index is 454. The van der Waals surface area contributed by atoms with Crippen molar-refractivity contribution in [2.24, 2.45) is 5.41 Å². The van der Waals surface area contributed by atoms with Gasteiger partial charge >= 0.3 is 0 Å². The average Bonchev–Trinajstić information content (AvgIpc) is 3.19. The van der Waals surface area contributed by atoms with Crippen LogP contribution in [0.15, 0.2) is 18.2 Å². The lowest BCUT2D eigenvalue weighted by Crippen LogP contribution is -2.27. The molecule has 0 saturated heterocycles. The van der Waals surface area contributed by atoms with Gasteiger partial charge in [-0.05, 0) is 25.0 Å². The summed E-state index contributed by atoms with van der Waals surface area (Å²) in [5, 5.41) is 12.0. The Morgan fingerprint density at radius 2 is 2.11 bits per heavy atom. The number of rotatable bonds is 5. The van der Waals surface area contributed by atoms with Crippen LogP contribution in [0, 0.1) is 5.41 Å². The Balaban J connectivity index is 2.19. The standard InChI is InChI=1S/C13H17NO4/c1-17-9-3-4-11(18-2)10(7-9)14-12(16)13(8-15)5-6-13/h3-4,7,15H,5-6,8H2,1-2H3,(H,14,16). The van der Waals surface area contributed by atoms with E-state index in [4.69, 9.17) is 9.47 Å². The minimum Gasteiger partial charge on any atom is -0.497 e. The van der Waals surface area contributed by atoms with Crippen molar-refractivity contribution in [1.82, 2.24) is 0 Å². The smallest absolute Gasteiger partial charge is 0.233 e. The molecule has 1 fully saturated rings. The maximum Gasteiger partial charge on any atom is 0.233 e. The number of nitrogens with one attached hydrogen (secondary N) is 1. The zero-order valence-electron chi connectivity index (χ0n) is 10.5. The van der Waals surface area contributed by atoms with Crippen molar-refractivity contribution in [1.29, 1.82) is 0 Å². The Hall–Kier alpha value is -1.75. The number of aliphatic hydroxyl groups excluding tert-OH is 1. The van der Waals surface area contributed by atoms with Gasteiger partial charge in [0.15, 0.2) is 0 Å². The first-order chi connectivity index (χ1) is 8.65. The van der Waals surface area contributed by atoms with E-state index in [9.17, 15) is 9.90 Å². The molecule has 18 heavy (non-hydrogen) atoms. The lowest BCUT2D eigenvalue weighted by molar-refractivity contribution is -0.122. The van der Waals surface area contributed by atoms with Gasteiger partial charge in [0, 0.05) is 6.07 Å². The van der Waals surface area contributed by atoms with Crippen LogP contribution in [0.2, 0.25) is 0 Å². The van der Waals surface area contributed by atoms with Crippen LogP contribution in [0.4, 0.5) is 5.69 Å². The molecule has 2 rings (SSSR count). The topological polar surface area (TPSA) is 67.8 Å². The molecular formula is C13H17NO4. The van der Waals surface area contributed by atoms with Crippen molar-refractivity contribution in [2.45, 2.75) is 12.8 Å². The molecule has 5 nitrogen and oxygen atoms in total. The molecule has 0 atom stereocenters. The number of methoxy groups -OCH3 is 2. The van der Waals surface area contributed by atoms with Crippen LogP contribution < -0.4 is 14.8 Å². The third-order valence-electron chi connectivity index (χ3n) is 3.29. The number of hydrogen-bond donors (Lipinski definition) is 2. The van der Waals surface area contributed by atoms with Gasteiger partial charge in [0.05, 0.1) is 31.9 Å². The van der Waals surface area contributed by atoms with E-state index in [2.05, 4.69) is 5.32 Å². The van der Waals surface area contributed by atoms with Gasteiger partial charge in [-0.1, -0.05) is 0 Å². The second-order valence-electron chi connectivity index (χ2n) is 4.46. The fourth-order valence-electron chi connectivity index (χ4n) is 1.77. The van der Waals surface area contributed by atoms with Crippen molar-refractivity contribution < 1.29 is 19.4 Å². The molecule has 1 aliphatic rings. The summed E-state index contributed by atoms with van der Waals surface area (Å²) < 4.78 is 10.3. The molecule has 1 saturated carbocycles. The summed E-state index contributed by atoms with van der Waals surface area (Å²) >= 11 is 0. The largest absolute Gasteiger partial charge is 0.497 e. The van der Waals surface area contributed by atoms with Gasteiger partial charge in [0.2, 0.25) is 5.91 Å². The highest BCUT2D eigenvalue weighted by atomic mass is 16.5. The number of carbonyl (C=O) groups excluding carboxylic acids is 1. The first kappa shape index (κ1) is 12.7. The van der Waals surface area contributed by atoms with Crippen molar-refractivity contribution in [3.8, 4) is 11.5 Å². The molecule has 0 bridgehead atoms. The number of amides is 1. The fraction of sp³-hybridized carbons (Fsp3) is 0.462. The molecule has 0 heterocycles. The predicted octanol–water partition coefficient (Wildman–Crippen LogP) is 1.41. The number of ether oxygens (including phenoxy) is 2. The van der Waals surface area contributed by atoms with Crippen molar-refractivity contribution in [2.75, 3.05) is 26.1 Å². The van der Waals surface area contributed by atoms with Gasteiger partial charge in [0.1, 0.15) is 11.5 Å². The zero-order chi connectivity index (χ0) is 13.2. The number of carbonyl (C=O) groups is 1. The summed E-state index contributed by atoms with van der Waals surface area (Å²) in [6, 6.07) is 5.19. The molecular weight excluding hydrogens is 234 g/mol. The van der Waals surface area contributed by atoms with E-state index in [1.54, 1.807) is 25.3 Å². The summed E-state index contributed by atoms with van der Waals surface area (Å²) in [4.78, 5) is 12.0. The van der Waals surface area contributed by atoms with Crippen molar-refractivity contribution >= 4 is 11.6 Å². The van der Waals surface area contributed by atoms with E-state index in [0.717, 1.165) is 12.8 Å². The van der Waals surface area contributed by atoms with Crippen LogP contribution in [-0.2, 0) is 4.79 Å². The molecule has 1 aromatic carbocycles. The quantitative estimate of drug-likeness (QED) is 0.830. The van der Waals surface area contributed by atoms with Crippen LogP contribution in [0.3, 0.4) is 0 Å². The average molecular weight is 251 g/mol. The summed E-state index contributed by atoms with van der Waals surface area (Å²) in [5.74, 6) is 1.04. The summed E-state index contributed by atoms with van der Waals surface area (Å²) in [6.45, 7) is -0.120. The number of aliphatic hydroxyl groups is 1. The van der Waals surface area contributed by atoms with Crippen LogP contribution >= 0.6 is 0 Å². The lowest BCUT2D eigenvalue weighted by Gasteiger charge is -2.15. The first-order valence-electron chi connectivity index (χ1n) is 5.79. The van der Waals surface area contributed by atoms with Gasteiger partial charge in [-0.25, -0.2) is 0 Å². The molecule has 1 amide bonds. The highest BCUT2D eigenvalue weighted by molar-refractivity contribution is 5.98. The maximum atomic E-state index is 12.0. The molecule has 0 aliphatic heterocycles. The molecule has 0 radical (unpaired) electrons. The number of benzene rings is 1. The second-order valence-corrected chi connectivity index (χ2v) is 4.46. The molecule has 1 aromatic rings. The third kappa shape index (κ3) is 2.26. The van der Waals surface area contributed by atoms with E-state index in [-0.39, 0.29) is 12.5 Å². The summed E-state index contributed by atoms with van der Waals surface area (Å²) in [6.07, 6.45) is 1.45. The van der Waals surface area contributed by atoms with Gasteiger partial charge in [-0.2, -0.15) is 0 Å². The van der Waals surface area contributed by atoms with E-state index in [0.29, 0.717) is 17.2 Å². The maximum absolute atomic E-state index is 12.0.